The molecule has 3 nitrogen and oxygen atoms in total. The van der Waals surface area contributed by atoms with Crippen molar-refractivity contribution in [3.05, 3.63) is 29.3 Å². The van der Waals surface area contributed by atoms with E-state index in [1.807, 2.05) is 7.05 Å². The molecule has 3 N–H and O–H groups in total. The van der Waals surface area contributed by atoms with Crippen LogP contribution in [-0.4, -0.2) is 30.8 Å². The van der Waals surface area contributed by atoms with Crippen LogP contribution in [0.3, 0.4) is 0 Å². The van der Waals surface area contributed by atoms with Gasteiger partial charge < -0.3 is 15.7 Å². The number of anilines is 1. The second-order valence-corrected chi connectivity index (χ2v) is 4.27. The largest absolute Gasteiger partial charge is 0.390 e. The highest BCUT2D eigenvalue weighted by Gasteiger charge is 2.31. The Balaban J connectivity index is 2.33. The molecule has 0 bridgehead atoms. The standard InChI is InChI=1S/C12H18N2O/c1-8-4-3-5-9-6-10(11(15)7-13)14(2)12(8)9/h3-5,10-11,15H,6-7,13H2,1-2H3. The van der Waals surface area contributed by atoms with E-state index in [1.54, 1.807) is 0 Å². The van der Waals surface area contributed by atoms with Gasteiger partial charge in [0.1, 0.15) is 0 Å². The average molecular weight is 206 g/mol. The third-order valence-electron chi connectivity index (χ3n) is 3.29. The van der Waals surface area contributed by atoms with Gasteiger partial charge in [-0.1, -0.05) is 18.2 Å². The first kappa shape index (κ1) is 10.5. The Kier molecular flexibility index (Phi) is 2.67. The number of hydrogen-bond acceptors (Lipinski definition) is 3. The molecule has 0 spiro atoms. The SMILES string of the molecule is Cc1cccc2c1N(C)C(C(O)CN)C2. The van der Waals surface area contributed by atoms with Crippen molar-refractivity contribution in [3.8, 4) is 0 Å². The van der Waals surface area contributed by atoms with Gasteiger partial charge in [0.2, 0.25) is 0 Å². The molecule has 0 fully saturated rings. The maximum absolute atomic E-state index is 9.82. The van der Waals surface area contributed by atoms with E-state index in [0.717, 1.165) is 6.42 Å². The summed E-state index contributed by atoms with van der Waals surface area (Å²) >= 11 is 0. The van der Waals surface area contributed by atoms with E-state index in [2.05, 4.69) is 30.0 Å². The van der Waals surface area contributed by atoms with Gasteiger partial charge in [0.15, 0.2) is 0 Å². The van der Waals surface area contributed by atoms with E-state index >= 15 is 0 Å². The molecule has 1 aromatic carbocycles. The van der Waals surface area contributed by atoms with Crippen LogP contribution in [0.4, 0.5) is 5.69 Å². The molecule has 1 heterocycles. The smallest absolute Gasteiger partial charge is 0.0868 e. The summed E-state index contributed by atoms with van der Waals surface area (Å²) in [7, 11) is 2.03. The van der Waals surface area contributed by atoms with Gasteiger partial charge in [0.25, 0.3) is 0 Å². The molecule has 3 heteroatoms. The van der Waals surface area contributed by atoms with Crippen LogP contribution < -0.4 is 10.6 Å². The first-order valence-corrected chi connectivity index (χ1v) is 5.34. The summed E-state index contributed by atoms with van der Waals surface area (Å²) in [5.74, 6) is 0. The second-order valence-electron chi connectivity index (χ2n) is 4.27. The second kappa shape index (κ2) is 3.83. The summed E-state index contributed by atoms with van der Waals surface area (Å²) in [6.07, 6.45) is 0.452. The zero-order valence-electron chi connectivity index (χ0n) is 9.27. The highest BCUT2D eigenvalue weighted by Crippen LogP contribution is 2.34. The fourth-order valence-corrected chi connectivity index (χ4v) is 2.47. The van der Waals surface area contributed by atoms with Crippen molar-refractivity contribution in [2.45, 2.75) is 25.5 Å². The predicted octanol–water partition coefficient (Wildman–Crippen LogP) is 0.676. The molecule has 15 heavy (non-hydrogen) atoms. The molecule has 1 aliphatic heterocycles. The maximum atomic E-state index is 9.82. The fraction of sp³-hybridized carbons (Fsp3) is 0.500. The van der Waals surface area contributed by atoms with E-state index < -0.39 is 6.10 Å². The van der Waals surface area contributed by atoms with Crippen LogP contribution in [0, 0.1) is 6.92 Å². The number of aryl methyl sites for hydroxylation is 1. The van der Waals surface area contributed by atoms with Crippen molar-refractivity contribution in [2.75, 3.05) is 18.5 Å². The van der Waals surface area contributed by atoms with Crippen LogP contribution in [0.15, 0.2) is 18.2 Å². The Morgan fingerprint density at radius 3 is 2.93 bits per heavy atom. The molecule has 0 saturated carbocycles. The normalized spacial score (nSPS) is 21.6. The highest BCUT2D eigenvalue weighted by atomic mass is 16.3. The number of aliphatic hydroxyl groups is 1. The van der Waals surface area contributed by atoms with Gasteiger partial charge in [-0.3, -0.25) is 0 Å². The molecule has 82 valence electrons. The molecule has 0 radical (unpaired) electrons. The number of nitrogens with zero attached hydrogens (tertiary/aromatic N) is 1. The van der Waals surface area contributed by atoms with Gasteiger partial charge in [0, 0.05) is 19.3 Å². The number of aliphatic hydroxyl groups excluding tert-OH is 1. The van der Waals surface area contributed by atoms with E-state index in [-0.39, 0.29) is 6.04 Å². The quantitative estimate of drug-likeness (QED) is 0.748. The van der Waals surface area contributed by atoms with E-state index in [0.29, 0.717) is 6.54 Å². The Morgan fingerprint density at radius 2 is 2.33 bits per heavy atom. The number of hydrogen-bond donors (Lipinski definition) is 2. The van der Waals surface area contributed by atoms with Gasteiger partial charge in [-0.05, 0) is 24.5 Å². The number of rotatable bonds is 2. The van der Waals surface area contributed by atoms with Crippen LogP contribution in [-0.2, 0) is 6.42 Å². The molecule has 2 atom stereocenters. The predicted molar refractivity (Wildman–Crippen MR) is 62.1 cm³/mol. The summed E-state index contributed by atoms with van der Waals surface area (Å²) in [5.41, 5.74) is 9.35. The van der Waals surface area contributed by atoms with Crippen molar-refractivity contribution >= 4 is 5.69 Å². The number of benzene rings is 1. The molecular weight excluding hydrogens is 188 g/mol. The molecule has 0 aromatic heterocycles. The molecule has 2 unspecified atom stereocenters. The average Bonchev–Trinajstić information content (AvgIpc) is 2.56. The Morgan fingerprint density at radius 1 is 1.60 bits per heavy atom. The fourth-order valence-electron chi connectivity index (χ4n) is 2.47. The van der Waals surface area contributed by atoms with Crippen molar-refractivity contribution in [1.29, 1.82) is 0 Å². The molecule has 0 amide bonds. The van der Waals surface area contributed by atoms with E-state index in [1.165, 1.54) is 16.8 Å². The minimum Gasteiger partial charge on any atom is -0.390 e. The summed E-state index contributed by atoms with van der Waals surface area (Å²) in [6, 6.07) is 6.43. The molecule has 1 aliphatic rings. The van der Waals surface area contributed by atoms with Crippen molar-refractivity contribution < 1.29 is 5.11 Å². The van der Waals surface area contributed by atoms with Crippen LogP contribution in [0.1, 0.15) is 11.1 Å². The van der Waals surface area contributed by atoms with Gasteiger partial charge in [0.05, 0.1) is 12.1 Å². The summed E-state index contributed by atoms with van der Waals surface area (Å²) in [5, 5.41) is 9.82. The molecular formula is C12H18N2O. The lowest BCUT2D eigenvalue weighted by Gasteiger charge is -2.27. The monoisotopic (exact) mass is 206 g/mol. The van der Waals surface area contributed by atoms with E-state index in [9.17, 15) is 5.11 Å². The van der Waals surface area contributed by atoms with Crippen LogP contribution in [0.25, 0.3) is 0 Å². The Hall–Kier alpha value is -1.06. The van der Waals surface area contributed by atoms with Crippen molar-refractivity contribution in [1.82, 2.24) is 0 Å². The molecule has 0 saturated heterocycles. The third-order valence-corrected chi connectivity index (χ3v) is 3.29. The Labute approximate surface area is 90.5 Å². The number of nitrogens with two attached hydrogens (primary N) is 1. The van der Waals surface area contributed by atoms with Crippen molar-refractivity contribution in [3.63, 3.8) is 0 Å². The first-order chi connectivity index (χ1) is 7.15. The van der Waals surface area contributed by atoms with Gasteiger partial charge in [-0.25, -0.2) is 0 Å². The molecule has 2 rings (SSSR count). The summed E-state index contributed by atoms with van der Waals surface area (Å²) in [4.78, 5) is 2.15. The van der Waals surface area contributed by atoms with Crippen LogP contribution >= 0.6 is 0 Å². The lowest BCUT2D eigenvalue weighted by atomic mass is 10.0. The van der Waals surface area contributed by atoms with Crippen LogP contribution in [0.5, 0.6) is 0 Å². The van der Waals surface area contributed by atoms with Gasteiger partial charge in [-0.15, -0.1) is 0 Å². The summed E-state index contributed by atoms with van der Waals surface area (Å²) in [6.45, 7) is 2.43. The zero-order valence-corrected chi connectivity index (χ0v) is 9.27. The summed E-state index contributed by atoms with van der Waals surface area (Å²) < 4.78 is 0. The lowest BCUT2D eigenvalue weighted by molar-refractivity contribution is 0.153. The highest BCUT2D eigenvalue weighted by molar-refractivity contribution is 5.63. The van der Waals surface area contributed by atoms with Gasteiger partial charge in [-0.2, -0.15) is 0 Å². The molecule has 0 aliphatic carbocycles. The minimum absolute atomic E-state index is 0.131. The van der Waals surface area contributed by atoms with E-state index in [4.69, 9.17) is 5.73 Å². The number of para-hydroxylation sites is 1. The minimum atomic E-state index is -0.443. The first-order valence-electron chi connectivity index (χ1n) is 5.34. The van der Waals surface area contributed by atoms with Crippen molar-refractivity contribution in [2.24, 2.45) is 5.73 Å². The topological polar surface area (TPSA) is 49.5 Å². The third kappa shape index (κ3) is 1.62. The van der Waals surface area contributed by atoms with Gasteiger partial charge >= 0.3 is 0 Å². The van der Waals surface area contributed by atoms with Crippen LogP contribution in [0.2, 0.25) is 0 Å². The maximum Gasteiger partial charge on any atom is 0.0868 e. The Bertz CT molecular complexity index is 365. The lowest BCUT2D eigenvalue weighted by Crippen LogP contribution is -2.43. The zero-order chi connectivity index (χ0) is 11.0. The molecule has 1 aromatic rings. The number of fused-ring (bicyclic) bond motifs is 1. The number of likely N-dealkylation sites (N-methyl/N-ethyl adjacent to an activating group) is 1.